The molecular weight excluding hydrogens is 212 g/mol. The van der Waals surface area contributed by atoms with Crippen LogP contribution in [-0.4, -0.2) is 23.2 Å². The van der Waals surface area contributed by atoms with E-state index >= 15 is 0 Å². The van der Waals surface area contributed by atoms with Crippen molar-refractivity contribution in [3.05, 3.63) is 24.3 Å². The normalized spacial score (nSPS) is 29.7. The SMILES string of the molecule is C1=CCC(SSC2CC=CC=N2)N=C1. The standard InChI is InChI=1S/C10H12N2S2/c1-3-7-11-9(5-1)13-14-10-6-2-4-8-12-10/h1-4,7-10H,5-6H2. The molecular formula is C10H12N2S2. The molecule has 2 aliphatic heterocycles. The van der Waals surface area contributed by atoms with Gasteiger partial charge in [0.2, 0.25) is 0 Å². The molecule has 2 atom stereocenters. The van der Waals surface area contributed by atoms with E-state index in [-0.39, 0.29) is 0 Å². The highest BCUT2D eigenvalue weighted by Crippen LogP contribution is 2.36. The summed E-state index contributed by atoms with van der Waals surface area (Å²) in [7, 11) is 3.65. The van der Waals surface area contributed by atoms with Crippen molar-refractivity contribution in [1.29, 1.82) is 0 Å². The van der Waals surface area contributed by atoms with E-state index in [1.807, 2.05) is 46.2 Å². The third kappa shape index (κ3) is 3.03. The first-order chi connectivity index (χ1) is 6.95. The van der Waals surface area contributed by atoms with Crippen molar-refractivity contribution in [3.63, 3.8) is 0 Å². The monoisotopic (exact) mass is 224 g/mol. The molecule has 4 heteroatoms. The van der Waals surface area contributed by atoms with E-state index in [0.717, 1.165) is 12.8 Å². The Morgan fingerprint density at radius 1 is 0.857 bits per heavy atom. The van der Waals surface area contributed by atoms with Gasteiger partial charge in [-0.15, -0.1) is 0 Å². The molecule has 0 fully saturated rings. The zero-order valence-corrected chi connectivity index (χ0v) is 9.38. The Morgan fingerprint density at radius 2 is 1.36 bits per heavy atom. The lowest BCUT2D eigenvalue weighted by molar-refractivity contribution is 0.928. The van der Waals surface area contributed by atoms with Gasteiger partial charge in [0, 0.05) is 12.4 Å². The van der Waals surface area contributed by atoms with Gasteiger partial charge in [-0.25, -0.2) is 0 Å². The van der Waals surface area contributed by atoms with Crippen LogP contribution in [0.3, 0.4) is 0 Å². The molecule has 0 spiro atoms. The predicted octanol–water partition coefficient (Wildman–Crippen LogP) is 3.08. The van der Waals surface area contributed by atoms with Crippen LogP contribution in [0.25, 0.3) is 0 Å². The number of rotatable bonds is 3. The summed E-state index contributed by atoms with van der Waals surface area (Å²) in [6.07, 6.45) is 14.2. The van der Waals surface area contributed by atoms with Gasteiger partial charge in [0.25, 0.3) is 0 Å². The average Bonchev–Trinajstić information content (AvgIpc) is 2.29. The van der Waals surface area contributed by atoms with Crippen molar-refractivity contribution in [3.8, 4) is 0 Å². The Kier molecular flexibility index (Phi) is 3.89. The second kappa shape index (κ2) is 5.41. The molecule has 2 aliphatic rings. The number of dihydropyridines is 2. The topological polar surface area (TPSA) is 24.7 Å². The number of allylic oxidation sites excluding steroid dienone is 2. The fraction of sp³-hybridized carbons (Fsp3) is 0.400. The quantitative estimate of drug-likeness (QED) is 0.688. The molecule has 2 unspecified atom stereocenters. The second-order valence-corrected chi connectivity index (χ2v) is 5.65. The minimum absolute atomic E-state index is 0.381. The second-order valence-electron chi connectivity index (χ2n) is 3.03. The van der Waals surface area contributed by atoms with Gasteiger partial charge in [-0.05, 0) is 25.0 Å². The van der Waals surface area contributed by atoms with Gasteiger partial charge < -0.3 is 0 Å². The molecule has 2 nitrogen and oxygen atoms in total. The molecule has 0 bridgehead atoms. The van der Waals surface area contributed by atoms with Crippen molar-refractivity contribution in [2.45, 2.75) is 23.6 Å². The highest BCUT2D eigenvalue weighted by Gasteiger charge is 2.12. The molecule has 74 valence electrons. The van der Waals surface area contributed by atoms with Crippen LogP contribution in [0.5, 0.6) is 0 Å². The van der Waals surface area contributed by atoms with E-state index in [9.17, 15) is 0 Å². The zero-order valence-electron chi connectivity index (χ0n) is 7.74. The van der Waals surface area contributed by atoms with Gasteiger partial charge in [0.1, 0.15) is 10.7 Å². The molecule has 2 rings (SSSR count). The predicted molar refractivity (Wildman–Crippen MR) is 67.3 cm³/mol. The maximum absolute atomic E-state index is 4.37. The third-order valence-corrected chi connectivity index (χ3v) is 4.75. The van der Waals surface area contributed by atoms with Crippen molar-refractivity contribution < 1.29 is 0 Å². The fourth-order valence-electron chi connectivity index (χ4n) is 1.18. The Balaban J connectivity index is 1.72. The number of hydrogen-bond acceptors (Lipinski definition) is 4. The fourth-order valence-corrected chi connectivity index (χ4v) is 3.60. The van der Waals surface area contributed by atoms with Gasteiger partial charge in [0.15, 0.2) is 0 Å². The lowest BCUT2D eigenvalue weighted by Crippen LogP contribution is -2.03. The van der Waals surface area contributed by atoms with Crippen LogP contribution in [0.1, 0.15) is 12.8 Å². The number of nitrogens with zero attached hydrogens (tertiary/aromatic N) is 2. The lowest BCUT2D eigenvalue weighted by Gasteiger charge is -2.15. The molecule has 0 aromatic carbocycles. The molecule has 0 saturated carbocycles. The smallest absolute Gasteiger partial charge is 0.109 e. The molecule has 0 amide bonds. The van der Waals surface area contributed by atoms with E-state index in [0.29, 0.717) is 10.7 Å². The van der Waals surface area contributed by atoms with Crippen LogP contribution < -0.4 is 0 Å². The zero-order chi connectivity index (χ0) is 9.64. The maximum atomic E-state index is 4.37. The van der Waals surface area contributed by atoms with E-state index < -0.39 is 0 Å². The highest BCUT2D eigenvalue weighted by atomic mass is 33.1. The number of hydrogen-bond donors (Lipinski definition) is 0. The minimum atomic E-state index is 0.381. The maximum Gasteiger partial charge on any atom is 0.109 e. The van der Waals surface area contributed by atoms with Crippen LogP contribution in [0.15, 0.2) is 34.3 Å². The Hall–Kier alpha value is -0.480. The van der Waals surface area contributed by atoms with E-state index in [1.54, 1.807) is 0 Å². The molecule has 0 aromatic rings. The van der Waals surface area contributed by atoms with Gasteiger partial charge in [-0.2, -0.15) is 0 Å². The summed E-state index contributed by atoms with van der Waals surface area (Å²) in [5.74, 6) is 0. The first-order valence-corrected chi connectivity index (χ1v) is 6.91. The van der Waals surface area contributed by atoms with Gasteiger partial charge in [-0.3, -0.25) is 9.98 Å². The summed E-state index contributed by atoms with van der Waals surface area (Å²) in [5, 5.41) is 0.761. The van der Waals surface area contributed by atoms with Crippen molar-refractivity contribution in [2.75, 3.05) is 0 Å². The van der Waals surface area contributed by atoms with Crippen LogP contribution in [-0.2, 0) is 0 Å². The summed E-state index contributed by atoms with van der Waals surface area (Å²) in [4.78, 5) is 8.75. The van der Waals surface area contributed by atoms with Crippen molar-refractivity contribution >= 4 is 34.0 Å². The van der Waals surface area contributed by atoms with Crippen LogP contribution in [0, 0.1) is 0 Å². The summed E-state index contributed by atoms with van der Waals surface area (Å²) < 4.78 is 0. The Bertz CT molecular complexity index is 264. The van der Waals surface area contributed by atoms with Gasteiger partial charge in [-0.1, -0.05) is 33.7 Å². The molecule has 14 heavy (non-hydrogen) atoms. The first kappa shape index (κ1) is 10.1. The molecule has 0 aliphatic carbocycles. The Morgan fingerprint density at radius 3 is 1.71 bits per heavy atom. The summed E-state index contributed by atoms with van der Waals surface area (Å²) in [6, 6.07) is 0. The molecule has 0 aromatic heterocycles. The van der Waals surface area contributed by atoms with Gasteiger partial charge >= 0.3 is 0 Å². The molecule has 0 N–H and O–H groups in total. The summed E-state index contributed by atoms with van der Waals surface area (Å²) >= 11 is 0. The van der Waals surface area contributed by atoms with E-state index in [4.69, 9.17) is 0 Å². The van der Waals surface area contributed by atoms with E-state index in [2.05, 4.69) is 22.1 Å². The average molecular weight is 224 g/mol. The minimum Gasteiger partial charge on any atom is -0.278 e. The van der Waals surface area contributed by atoms with Crippen molar-refractivity contribution in [2.24, 2.45) is 9.98 Å². The van der Waals surface area contributed by atoms with Gasteiger partial charge in [0.05, 0.1) is 0 Å². The van der Waals surface area contributed by atoms with Crippen LogP contribution >= 0.6 is 21.6 Å². The van der Waals surface area contributed by atoms with Crippen LogP contribution in [0.2, 0.25) is 0 Å². The number of aliphatic imine (C=N–C) groups is 2. The molecule has 0 radical (unpaired) electrons. The largest absolute Gasteiger partial charge is 0.278 e. The molecule has 2 heterocycles. The highest BCUT2D eigenvalue weighted by molar-refractivity contribution is 8.77. The summed E-state index contributed by atoms with van der Waals surface area (Å²) in [5.41, 5.74) is 0. The van der Waals surface area contributed by atoms with E-state index in [1.165, 1.54) is 0 Å². The summed E-state index contributed by atoms with van der Waals surface area (Å²) in [6.45, 7) is 0. The molecule has 0 saturated heterocycles. The lowest BCUT2D eigenvalue weighted by atomic mass is 10.3. The third-order valence-electron chi connectivity index (χ3n) is 1.90. The van der Waals surface area contributed by atoms with Crippen molar-refractivity contribution in [1.82, 2.24) is 0 Å². The first-order valence-electron chi connectivity index (χ1n) is 4.64. The van der Waals surface area contributed by atoms with Crippen LogP contribution in [0.4, 0.5) is 0 Å². The Labute approximate surface area is 92.1 Å².